The van der Waals surface area contributed by atoms with Crippen LogP contribution in [0.25, 0.3) is 0 Å². The van der Waals surface area contributed by atoms with Crippen LogP contribution in [0.1, 0.15) is 52.2 Å². The summed E-state index contributed by atoms with van der Waals surface area (Å²) in [6.45, 7) is 10.4. The number of carbonyl (C=O) groups excluding carboxylic acids is 1. The molecule has 2 aromatic carbocycles. The third-order valence-electron chi connectivity index (χ3n) is 6.43. The monoisotopic (exact) mass is 531 g/mol. The van der Waals surface area contributed by atoms with Gasteiger partial charge in [0.2, 0.25) is 0 Å². The fraction of sp³-hybridized carbons (Fsp3) is 0.481. The summed E-state index contributed by atoms with van der Waals surface area (Å²) in [4.78, 5) is 13.7. The highest BCUT2D eigenvalue weighted by molar-refractivity contribution is 8.24. The van der Waals surface area contributed by atoms with Crippen LogP contribution in [-0.4, -0.2) is 49.5 Å². The average Bonchev–Trinajstić information content (AvgIpc) is 2.78. The highest BCUT2D eigenvalue weighted by Crippen LogP contribution is 2.51. The number of carbonyl (C=O) groups is 1. The molecule has 8 heteroatoms. The van der Waals surface area contributed by atoms with Gasteiger partial charge in [-0.25, -0.2) is 0 Å². The lowest BCUT2D eigenvalue weighted by Gasteiger charge is -2.46. The zero-order valence-corrected chi connectivity index (χ0v) is 24.5. The van der Waals surface area contributed by atoms with Crippen LogP contribution in [0.15, 0.2) is 54.6 Å². The molecule has 0 aliphatic rings. The molecule has 2 atom stereocenters. The Morgan fingerprint density at radius 1 is 1.11 bits per heavy atom. The molecule has 0 aliphatic heterocycles. The van der Waals surface area contributed by atoms with Gasteiger partial charge in [0.25, 0.3) is 0 Å². The minimum absolute atomic E-state index is 0.123. The number of aliphatic hydroxyl groups excluding tert-OH is 1. The van der Waals surface area contributed by atoms with E-state index in [1.165, 1.54) is 22.5 Å². The summed E-state index contributed by atoms with van der Waals surface area (Å²) in [5.41, 5.74) is 3.52. The van der Waals surface area contributed by atoms with Crippen molar-refractivity contribution in [2.75, 3.05) is 13.2 Å². The summed E-state index contributed by atoms with van der Waals surface area (Å²) in [6.07, 6.45) is 0.524. The minimum atomic E-state index is -0.887. The standard InChI is InChI=1S/C27H39N2O3S2Si/c1-25(2,15-19-11-13-22(35)14-12-19)18-27(5,24(31)32-17-21(30)16-29-28)26(3,4)34-23(33)20-9-7-6-8-10-20/h6-14,21,29-30H,15-18,28,35H2,1-5H3/q+1. The Morgan fingerprint density at radius 2 is 1.71 bits per heavy atom. The summed E-state index contributed by atoms with van der Waals surface area (Å²) >= 11 is 7.29. The number of benzene rings is 2. The van der Waals surface area contributed by atoms with E-state index in [9.17, 15) is 9.90 Å². The van der Waals surface area contributed by atoms with Gasteiger partial charge in [0.1, 0.15) is 12.7 Å². The number of thiocarbonyl (C=S) groups is 1. The Morgan fingerprint density at radius 3 is 2.29 bits per heavy atom. The number of hydrazine groups is 1. The van der Waals surface area contributed by atoms with E-state index in [1.807, 2.05) is 47.5 Å². The molecule has 0 bridgehead atoms. The molecule has 35 heavy (non-hydrogen) atoms. The largest absolute Gasteiger partial charge is 0.462 e. The first-order chi connectivity index (χ1) is 16.3. The normalized spacial score (nSPS) is 14.7. The predicted octanol–water partition coefficient (Wildman–Crippen LogP) is 3.17. The lowest BCUT2D eigenvalue weighted by Crippen LogP contribution is -2.50. The highest BCUT2D eigenvalue weighted by Gasteiger charge is 2.52. The smallest absolute Gasteiger partial charge is 0.321 e. The molecule has 2 rings (SSSR count). The Hall–Kier alpha value is -1.55. The van der Waals surface area contributed by atoms with E-state index in [2.05, 4.69) is 57.4 Å². The molecule has 0 radical (unpaired) electrons. The number of nitrogens with two attached hydrogens (primary N) is 1. The van der Waals surface area contributed by atoms with Crippen LogP contribution in [0, 0.1) is 10.8 Å². The van der Waals surface area contributed by atoms with Crippen molar-refractivity contribution >= 4 is 49.6 Å². The van der Waals surface area contributed by atoms with Crippen molar-refractivity contribution in [3.05, 3.63) is 65.7 Å². The first kappa shape index (κ1) is 29.7. The summed E-state index contributed by atoms with van der Waals surface area (Å²) in [7, 11) is 1.87. The van der Waals surface area contributed by atoms with Crippen LogP contribution in [0.2, 0.25) is 0 Å². The maximum absolute atomic E-state index is 13.7. The third kappa shape index (κ3) is 8.51. The van der Waals surface area contributed by atoms with Gasteiger partial charge in [-0.1, -0.05) is 68.5 Å². The number of rotatable bonds is 12. The SMILES string of the molecule is CC(C)(Cc1ccc([SiH2+])cc1)CC(C)(C(=O)OCC(O)CNN)C(C)(C)SC(=S)c1ccccc1. The van der Waals surface area contributed by atoms with Crippen molar-refractivity contribution in [1.82, 2.24) is 5.43 Å². The van der Waals surface area contributed by atoms with Crippen molar-refractivity contribution in [3.8, 4) is 0 Å². The Kier molecular flexibility index (Phi) is 10.7. The molecule has 0 spiro atoms. The Labute approximate surface area is 223 Å². The number of aliphatic hydroxyl groups is 1. The van der Waals surface area contributed by atoms with Gasteiger partial charge in [-0.3, -0.25) is 16.1 Å². The number of hydrogen-bond acceptors (Lipinski definition) is 7. The van der Waals surface area contributed by atoms with Gasteiger partial charge in [-0.15, -0.1) is 11.8 Å². The Balaban J connectivity index is 2.33. The number of esters is 1. The molecular formula is C27H39N2O3S2Si+. The van der Waals surface area contributed by atoms with Crippen molar-refractivity contribution in [2.24, 2.45) is 16.7 Å². The number of ether oxygens (including phenoxy) is 1. The van der Waals surface area contributed by atoms with Crippen LogP contribution in [0.3, 0.4) is 0 Å². The lowest BCUT2D eigenvalue weighted by atomic mass is 9.66. The maximum atomic E-state index is 13.7. The van der Waals surface area contributed by atoms with Crippen molar-refractivity contribution in [1.29, 1.82) is 0 Å². The predicted molar refractivity (Wildman–Crippen MR) is 154 cm³/mol. The third-order valence-corrected chi connectivity index (χ3v) is 8.77. The molecule has 0 aromatic heterocycles. The summed E-state index contributed by atoms with van der Waals surface area (Å²) in [5.74, 6) is 4.95. The van der Waals surface area contributed by atoms with Gasteiger partial charge in [0.05, 0.1) is 14.8 Å². The first-order valence-corrected chi connectivity index (χ1v) is 13.7. The van der Waals surface area contributed by atoms with Gasteiger partial charge >= 0.3 is 16.2 Å². The zero-order valence-electron chi connectivity index (χ0n) is 21.5. The summed E-state index contributed by atoms with van der Waals surface area (Å²) in [6, 6.07) is 18.4. The van der Waals surface area contributed by atoms with Crippen LogP contribution < -0.4 is 16.5 Å². The molecule has 0 amide bonds. The molecule has 0 saturated heterocycles. The van der Waals surface area contributed by atoms with Crippen molar-refractivity contribution < 1.29 is 14.6 Å². The molecule has 5 nitrogen and oxygen atoms in total. The topological polar surface area (TPSA) is 84.6 Å². The van der Waals surface area contributed by atoms with Gasteiger partial charge < -0.3 is 9.84 Å². The first-order valence-electron chi connectivity index (χ1n) is 11.8. The van der Waals surface area contributed by atoms with Crippen LogP contribution >= 0.6 is 24.0 Å². The second kappa shape index (κ2) is 12.6. The van der Waals surface area contributed by atoms with Crippen LogP contribution in [0.4, 0.5) is 0 Å². The van der Waals surface area contributed by atoms with E-state index in [0.717, 1.165) is 16.2 Å². The van der Waals surface area contributed by atoms with E-state index < -0.39 is 16.3 Å². The maximum Gasteiger partial charge on any atom is 0.321 e. The number of thioether (sulfide) groups is 1. The van der Waals surface area contributed by atoms with E-state index in [-0.39, 0.29) is 24.5 Å². The van der Waals surface area contributed by atoms with Gasteiger partial charge in [0, 0.05) is 11.3 Å². The quantitative estimate of drug-likeness (QED) is 0.128. The molecular weight excluding hydrogens is 493 g/mol. The van der Waals surface area contributed by atoms with E-state index in [0.29, 0.717) is 6.42 Å². The second-order valence-corrected chi connectivity index (χ2v) is 13.7. The van der Waals surface area contributed by atoms with Gasteiger partial charge in [-0.2, -0.15) is 0 Å². The number of nitrogens with one attached hydrogen (secondary N) is 1. The lowest BCUT2D eigenvalue weighted by molar-refractivity contribution is -0.161. The molecule has 2 unspecified atom stereocenters. The molecule has 0 fully saturated rings. The average molecular weight is 532 g/mol. The molecule has 190 valence electrons. The molecule has 2 aromatic rings. The summed E-state index contributed by atoms with van der Waals surface area (Å²) in [5, 5.41) is 11.3. The Bertz CT molecular complexity index is 984. The van der Waals surface area contributed by atoms with Gasteiger partial charge in [-0.05, 0) is 62.3 Å². The van der Waals surface area contributed by atoms with E-state index >= 15 is 0 Å². The molecule has 0 saturated carbocycles. The fourth-order valence-corrected chi connectivity index (χ4v) is 6.36. The van der Waals surface area contributed by atoms with Crippen LogP contribution in [0.5, 0.6) is 0 Å². The highest BCUT2D eigenvalue weighted by atomic mass is 32.2. The van der Waals surface area contributed by atoms with Gasteiger partial charge in [0.15, 0.2) is 0 Å². The van der Waals surface area contributed by atoms with Crippen molar-refractivity contribution in [3.63, 3.8) is 0 Å². The van der Waals surface area contributed by atoms with E-state index in [4.69, 9.17) is 22.8 Å². The minimum Gasteiger partial charge on any atom is -0.462 e. The summed E-state index contributed by atoms with van der Waals surface area (Å²) < 4.78 is 5.82. The molecule has 0 aliphatic carbocycles. The van der Waals surface area contributed by atoms with Crippen LogP contribution in [-0.2, 0) is 16.0 Å². The fourth-order valence-electron chi connectivity index (χ4n) is 4.26. The second-order valence-electron chi connectivity index (χ2n) is 10.6. The zero-order chi connectivity index (χ0) is 26.3. The van der Waals surface area contributed by atoms with E-state index in [1.54, 1.807) is 0 Å². The molecule has 4 N–H and O–H groups in total. The number of hydrogen-bond donors (Lipinski definition) is 3. The molecule has 0 heterocycles. The van der Waals surface area contributed by atoms with Crippen molar-refractivity contribution in [2.45, 2.75) is 58.3 Å².